The summed E-state index contributed by atoms with van der Waals surface area (Å²) in [5.74, 6) is -1.33. The van der Waals surface area contributed by atoms with E-state index >= 15 is 0 Å². The van der Waals surface area contributed by atoms with Crippen LogP contribution in [0.15, 0.2) is 36.7 Å². The van der Waals surface area contributed by atoms with E-state index in [2.05, 4.69) is 25.4 Å². The minimum absolute atomic E-state index is 0.00932. The minimum Gasteiger partial charge on any atom is -0.366 e. The third-order valence-corrected chi connectivity index (χ3v) is 3.69. The fourth-order valence-corrected chi connectivity index (χ4v) is 2.38. The van der Waals surface area contributed by atoms with Crippen LogP contribution in [-0.4, -0.2) is 30.6 Å². The van der Waals surface area contributed by atoms with E-state index in [1.165, 1.54) is 18.5 Å². The monoisotopic (exact) mass is 431 g/mol. The molecule has 0 atom stereocenters. The lowest BCUT2D eigenvalue weighted by atomic mass is 10.0. The molecule has 0 aliphatic heterocycles. The molecule has 0 radical (unpaired) electrons. The smallest absolute Gasteiger partial charge is 0.366 e. The van der Waals surface area contributed by atoms with Crippen LogP contribution in [0.25, 0.3) is 5.95 Å². The summed E-state index contributed by atoms with van der Waals surface area (Å²) < 4.78 is 78.7. The first-order valence-electron chi connectivity index (χ1n) is 8.01. The average molecular weight is 431 g/mol. The number of nitrogens with one attached hydrogen (secondary N) is 1. The molecule has 0 unspecified atom stereocenters. The summed E-state index contributed by atoms with van der Waals surface area (Å²) in [6.07, 6.45) is -7.36. The molecule has 2 heterocycles. The van der Waals surface area contributed by atoms with Crippen LogP contribution in [0.5, 0.6) is 0 Å². The van der Waals surface area contributed by atoms with Gasteiger partial charge in [-0.25, -0.2) is 9.97 Å². The molecular formula is C16H11F6N7O. The van der Waals surface area contributed by atoms with Crippen LogP contribution < -0.4 is 11.1 Å². The Hall–Kier alpha value is -3.71. The highest BCUT2D eigenvalue weighted by Gasteiger charge is 2.37. The molecule has 0 aliphatic carbocycles. The van der Waals surface area contributed by atoms with E-state index in [0.717, 1.165) is 4.68 Å². The van der Waals surface area contributed by atoms with Gasteiger partial charge in [0, 0.05) is 18.0 Å². The maximum absolute atomic E-state index is 12.9. The number of rotatable bonds is 4. The minimum atomic E-state index is -5.07. The Labute approximate surface area is 163 Å². The number of hydrogen-bond acceptors (Lipinski definition) is 6. The number of alkyl halides is 6. The van der Waals surface area contributed by atoms with E-state index in [0.29, 0.717) is 12.1 Å². The van der Waals surface area contributed by atoms with Crippen molar-refractivity contribution in [1.82, 2.24) is 30.0 Å². The van der Waals surface area contributed by atoms with Gasteiger partial charge in [-0.2, -0.15) is 36.0 Å². The number of hydrogen-bond donors (Lipinski definition) is 2. The number of carbonyl (C=O) groups is 1. The zero-order valence-electron chi connectivity index (χ0n) is 14.7. The van der Waals surface area contributed by atoms with E-state index in [9.17, 15) is 31.1 Å². The highest BCUT2D eigenvalue weighted by atomic mass is 19.4. The van der Waals surface area contributed by atoms with Gasteiger partial charge < -0.3 is 11.1 Å². The second kappa shape index (κ2) is 7.61. The first-order chi connectivity index (χ1) is 13.9. The Kier molecular flexibility index (Phi) is 5.33. The van der Waals surface area contributed by atoms with Gasteiger partial charge in [0.1, 0.15) is 0 Å². The molecular weight excluding hydrogens is 420 g/mol. The zero-order chi connectivity index (χ0) is 22.1. The molecule has 1 aromatic carbocycles. The predicted octanol–water partition coefficient (Wildman–Crippen LogP) is 2.61. The molecule has 0 aliphatic rings. The van der Waals surface area contributed by atoms with Crippen molar-refractivity contribution in [2.45, 2.75) is 18.9 Å². The van der Waals surface area contributed by atoms with Crippen LogP contribution in [-0.2, 0) is 18.9 Å². The Balaban J connectivity index is 1.87. The third kappa shape index (κ3) is 4.64. The number of anilines is 1. The number of nitrogens with zero attached hydrogens (tertiary/aromatic N) is 5. The van der Waals surface area contributed by atoms with Gasteiger partial charge in [0.25, 0.3) is 11.9 Å². The number of carbonyl (C=O) groups excluding carboxylic acids is 1. The molecule has 0 spiro atoms. The maximum atomic E-state index is 12.9. The number of benzene rings is 1. The van der Waals surface area contributed by atoms with Crippen LogP contribution in [0.4, 0.5) is 32.3 Å². The molecule has 30 heavy (non-hydrogen) atoms. The summed E-state index contributed by atoms with van der Waals surface area (Å²) in [6, 6.07) is 2.10. The lowest BCUT2D eigenvalue weighted by Gasteiger charge is -2.14. The Morgan fingerprint density at radius 3 is 2.10 bits per heavy atom. The topological polar surface area (TPSA) is 112 Å². The number of nitrogens with two attached hydrogens (primary N) is 1. The average Bonchev–Trinajstić information content (AvgIpc) is 3.05. The van der Waals surface area contributed by atoms with Crippen molar-refractivity contribution in [3.8, 4) is 5.95 Å². The van der Waals surface area contributed by atoms with Gasteiger partial charge in [-0.3, -0.25) is 4.79 Å². The van der Waals surface area contributed by atoms with E-state index in [4.69, 9.17) is 5.73 Å². The quantitative estimate of drug-likeness (QED) is 0.615. The number of aromatic nitrogens is 5. The Bertz CT molecular complexity index is 1030. The molecule has 0 bridgehead atoms. The van der Waals surface area contributed by atoms with Gasteiger partial charge in [0.2, 0.25) is 5.95 Å². The van der Waals surface area contributed by atoms with Gasteiger partial charge >= 0.3 is 12.4 Å². The van der Waals surface area contributed by atoms with E-state index in [1.54, 1.807) is 0 Å². The summed E-state index contributed by atoms with van der Waals surface area (Å²) >= 11 is 0. The van der Waals surface area contributed by atoms with Crippen molar-refractivity contribution >= 4 is 11.9 Å². The van der Waals surface area contributed by atoms with Gasteiger partial charge in [0.05, 0.1) is 17.7 Å². The zero-order valence-corrected chi connectivity index (χ0v) is 14.7. The number of halogens is 6. The van der Waals surface area contributed by atoms with Crippen molar-refractivity contribution in [1.29, 1.82) is 0 Å². The van der Waals surface area contributed by atoms with Crippen LogP contribution in [0.1, 0.15) is 27.3 Å². The van der Waals surface area contributed by atoms with Crippen molar-refractivity contribution in [2.24, 2.45) is 0 Å². The Morgan fingerprint density at radius 2 is 1.57 bits per heavy atom. The lowest BCUT2D eigenvalue weighted by molar-refractivity contribution is -0.143. The van der Waals surface area contributed by atoms with Gasteiger partial charge in [-0.1, -0.05) is 0 Å². The van der Waals surface area contributed by atoms with Crippen molar-refractivity contribution in [2.75, 3.05) is 5.73 Å². The van der Waals surface area contributed by atoms with Crippen molar-refractivity contribution in [3.63, 3.8) is 0 Å². The van der Waals surface area contributed by atoms with E-state index in [-0.39, 0.29) is 23.8 Å². The normalized spacial score (nSPS) is 12.1. The highest BCUT2D eigenvalue weighted by Crippen LogP contribution is 2.36. The molecule has 2 aromatic heterocycles. The molecule has 1 amide bonds. The summed E-state index contributed by atoms with van der Waals surface area (Å²) in [5.41, 5.74) is 1.47. The molecule has 14 heteroatoms. The second-order valence-corrected chi connectivity index (χ2v) is 5.82. The van der Waals surface area contributed by atoms with Crippen LogP contribution >= 0.6 is 0 Å². The van der Waals surface area contributed by atoms with Crippen LogP contribution in [0.3, 0.4) is 0 Å². The van der Waals surface area contributed by atoms with E-state index < -0.39 is 41.5 Å². The van der Waals surface area contributed by atoms with Crippen LogP contribution in [0.2, 0.25) is 0 Å². The SMILES string of the molecule is Nc1nc(CNC(=O)c2cc(C(F)(F)F)cc(C(F)(F)F)c2)n(-c2ncccn2)n1. The summed E-state index contributed by atoms with van der Waals surface area (Å²) in [7, 11) is 0. The molecule has 0 saturated carbocycles. The second-order valence-electron chi connectivity index (χ2n) is 5.82. The maximum Gasteiger partial charge on any atom is 0.416 e. The summed E-state index contributed by atoms with van der Waals surface area (Å²) in [4.78, 5) is 23.9. The lowest BCUT2D eigenvalue weighted by Crippen LogP contribution is -2.26. The van der Waals surface area contributed by atoms with Gasteiger partial charge in [-0.05, 0) is 24.3 Å². The summed E-state index contributed by atoms with van der Waals surface area (Å²) in [6.45, 7) is -0.418. The van der Waals surface area contributed by atoms with Crippen LogP contribution in [0, 0.1) is 0 Å². The molecule has 0 fully saturated rings. The molecule has 3 rings (SSSR count). The molecule has 3 aromatic rings. The highest BCUT2D eigenvalue weighted by molar-refractivity contribution is 5.94. The predicted molar refractivity (Wildman–Crippen MR) is 89.0 cm³/mol. The van der Waals surface area contributed by atoms with Gasteiger partial charge in [0.15, 0.2) is 5.82 Å². The Morgan fingerprint density at radius 1 is 1.00 bits per heavy atom. The fourth-order valence-electron chi connectivity index (χ4n) is 2.38. The largest absolute Gasteiger partial charge is 0.416 e. The van der Waals surface area contributed by atoms with Crippen molar-refractivity contribution < 1.29 is 31.1 Å². The standard InChI is InChI=1S/C16H11F6N7O/c17-15(18,19)9-4-8(5-10(6-9)16(20,21)22)12(30)26-7-11-27-13(23)28-29(11)14-24-2-1-3-25-14/h1-6H,7H2,(H2,23,28)(H,26,30). The fraction of sp³-hybridized carbons (Fsp3) is 0.188. The molecule has 158 valence electrons. The van der Waals surface area contributed by atoms with E-state index in [1.807, 2.05) is 0 Å². The molecule has 8 nitrogen and oxygen atoms in total. The van der Waals surface area contributed by atoms with Crippen molar-refractivity contribution in [3.05, 3.63) is 59.2 Å². The summed E-state index contributed by atoms with van der Waals surface area (Å²) in [5, 5.41) is 6.02. The third-order valence-electron chi connectivity index (χ3n) is 3.69. The van der Waals surface area contributed by atoms with Gasteiger partial charge in [-0.15, -0.1) is 5.10 Å². The number of nitrogen functional groups attached to an aromatic ring is 1. The molecule has 3 N–H and O–H groups in total. The first-order valence-corrected chi connectivity index (χ1v) is 8.01. The number of amides is 1. The molecule has 0 saturated heterocycles. The first kappa shape index (κ1) is 21.0.